The Morgan fingerprint density at radius 1 is 1.09 bits per heavy atom. The van der Waals surface area contributed by atoms with Gasteiger partial charge in [0.05, 0.1) is 5.56 Å². The second-order valence-corrected chi connectivity index (χ2v) is 7.03. The molecule has 7 nitrogen and oxygen atoms in total. The highest BCUT2D eigenvalue weighted by molar-refractivity contribution is 6.02. The normalized spacial score (nSPS) is 11.3. The molecule has 10 heteroatoms. The first kappa shape index (κ1) is 24.5. The number of ether oxygens (including phenoxy) is 1. The molecule has 2 aromatic carbocycles. The third kappa shape index (κ3) is 6.42. The summed E-state index contributed by atoms with van der Waals surface area (Å²) in [5, 5.41) is 4.89. The Morgan fingerprint density at radius 2 is 1.85 bits per heavy atom. The van der Waals surface area contributed by atoms with Crippen LogP contribution in [0.3, 0.4) is 0 Å². The summed E-state index contributed by atoms with van der Waals surface area (Å²) >= 11 is 0. The van der Waals surface area contributed by atoms with Crippen molar-refractivity contribution < 1.29 is 27.5 Å². The molecule has 34 heavy (non-hydrogen) atoms. The van der Waals surface area contributed by atoms with E-state index in [0.29, 0.717) is 17.1 Å². The molecule has 0 aliphatic rings. The summed E-state index contributed by atoms with van der Waals surface area (Å²) < 4.78 is 45.3. The molecular weight excluding hydrogens is 449 g/mol. The molecule has 1 heterocycles. The third-order valence-electron chi connectivity index (χ3n) is 4.61. The average Bonchev–Trinajstić information content (AvgIpc) is 2.82. The van der Waals surface area contributed by atoms with Gasteiger partial charge in [0.1, 0.15) is 17.2 Å². The zero-order chi connectivity index (χ0) is 24.7. The van der Waals surface area contributed by atoms with Crippen molar-refractivity contribution in [2.75, 3.05) is 12.4 Å². The molecule has 0 fully saturated rings. The number of hydrogen-bond donors (Lipinski definition) is 3. The Labute approximate surface area is 193 Å². The number of nitrogens with zero attached hydrogens (tertiary/aromatic N) is 1. The number of anilines is 1. The van der Waals surface area contributed by atoms with E-state index in [-0.39, 0.29) is 29.4 Å². The van der Waals surface area contributed by atoms with Gasteiger partial charge >= 0.3 is 6.18 Å². The number of halogens is 3. The Kier molecular flexibility index (Phi) is 7.64. The number of hydrogen-bond acceptors (Lipinski definition) is 5. The molecule has 3 rings (SSSR count). The molecule has 0 saturated heterocycles. The van der Waals surface area contributed by atoms with Gasteiger partial charge in [-0.25, -0.2) is 0 Å². The number of nitrogens with two attached hydrogens (primary N) is 1. The molecule has 0 aliphatic heterocycles. The standard InChI is InChI=1S/C24H21F3N4O3/c1-29-23(33)21-13-19(9-10-30-21)34-18-4-2-3-15(11-18)5-8-22(32)31-17-7-6-16(14-28)20(12-17)24(25,26)27/h2-13H,14,28H2,1H3,(H,29,33)(H,31,32)/b8-5+. The van der Waals surface area contributed by atoms with Crippen LogP contribution in [0.1, 0.15) is 27.2 Å². The molecule has 3 aromatic rings. The summed E-state index contributed by atoms with van der Waals surface area (Å²) in [5.74, 6) is -0.116. The monoisotopic (exact) mass is 470 g/mol. The predicted molar refractivity (Wildman–Crippen MR) is 121 cm³/mol. The maximum absolute atomic E-state index is 13.2. The molecule has 4 N–H and O–H groups in total. The molecule has 0 atom stereocenters. The molecule has 0 bridgehead atoms. The largest absolute Gasteiger partial charge is 0.457 e. The zero-order valence-electron chi connectivity index (χ0n) is 18.0. The van der Waals surface area contributed by atoms with Crippen LogP contribution < -0.4 is 21.1 Å². The van der Waals surface area contributed by atoms with Gasteiger partial charge in [-0.2, -0.15) is 13.2 Å². The van der Waals surface area contributed by atoms with Crippen molar-refractivity contribution >= 4 is 23.6 Å². The van der Waals surface area contributed by atoms with Gasteiger partial charge in [-0.1, -0.05) is 18.2 Å². The lowest BCUT2D eigenvalue weighted by Gasteiger charge is -2.13. The van der Waals surface area contributed by atoms with E-state index in [0.717, 1.165) is 6.07 Å². The van der Waals surface area contributed by atoms with Gasteiger partial charge in [-0.15, -0.1) is 0 Å². The second-order valence-electron chi connectivity index (χ2n) is 7.03. The van der Waals surface area contributed by atoms with Gasteiger partial charge in [0.15, 0.2) is 0 Å². The maximum atomic E-state index is 13.2. The van der Waals surface area contributed by atoms with Gasteiger partial charge in [0.2, 0.25) is 5.91 Å². The second kappa shape index (κ2) is 10.6. The fraction of sp³-hybridized carbons (Fsp3) is 0.125. The fourth-order valence-corrected chi connectivity index (χ4v) is 3.00. The Hall–Kier alpha value is -4.18. The molecule has 0 unspecified atom stereocenters. The van der Waals surface area contributed by atoms with E-state index in [2.05, 4.69) is 15.6 Å². The van der Waals surface area contributed by atoms with Crippen molar-refractivity contribution in [1.29, 1.82) is 0 Å². The number of nitrogens with one attached hydrogen (secondary N) is 2. The van der Waals surface area contributed by atoms with Crippen LogP contribution in [0.15, 0.2) is 66.9 Å². The molecular formula is C24H21F3N4O3. The summed E-state index contributed by atoms with van der Waals surface area (Å²) in [6.07, 6.45) is -0.455. The minimum absolute atomic E-state index is 0.000802. The van der Waals surface area contributed by atoms with Crippen LogP contribution in [0.4, 0.5) is 18.9 Å². The van der Waals surface area contributed by atoms with E-state index in [9.17, 15) is 22.8 Å². The predicted octanol–water partition coefficient (Wildman–Crippen LogP) is 4.36. The van der Waals surface area contributed by atoms with Crippen molar-refractivity contribution in [3.05, 3.63) is 89.3 Å². The topological polar surface area (TPSA) is 106 Å². The number of benzene rings is 2. The Bertz CT molecular complexity index is 1230. The highest BCUT2D eigenvalue weighted by atomic mass is 19.4. The third-order valence-corrected chi connectivity index (χ3v) is 4.61. The summed E-state index contributed by atoms with van der Waals surface area (Å²) in [6.45, 7) is -0.270. The van der Waals surface area contributed by atoms with Crippen LogP contribution in [0.5, 0.6) is 11.5 Å². The van der Waals surface area contributed by atoms with Crippen LogP contribution in [-0.4, -0.2) is 23.8 Å². The number of carbonyl (C=O) groups is 2. The minimum Gasteiger partial charge on any atom is -0.457 e. The lowest BCUT2D eigenvalue weighted by atomic mass is 10.1. The SMILES string of the molecule is CNC(=O)c1cc(Oc2cccc(/C=C/C(=O)Nc3ccc(CN)c(C(F)(F)F)c3)c2)ccn1. The fourth-order valence-electron chi connectivity index (χ4n) is 3.00. The van der Waals surface area contributed by atoms with Crippen molar-refractivity contribution in [2.24, 2.45) is 5.73 Å². The number of aromatic nitrogens is 1. The first-order chi connectivity index (χ1) is 16.2. The molecule has 2 amide bonds. The van der Waals surface area contributed by atoms with Crippen molar-refractivity contribution in [2.45, 2.75) is 12.7 Å². The highest BCUT2D eigenvalue weighted by Gasteiger charge is 2.33. The smallest absolute Gasteiger partial charge is 0.416 e. The number of carbonyl (C=O) groups excluding carboxylic acids is 2. The van der Waals surface area contributed by atoms with Crippen LogP contribution in [0.2, 0.25) is 0 Å². The van der Waals surface area contributed by atoms with Crippen LogP contribution in [-0.2, 0) is 17.5 Å². The van der Waals surface area contributed by atoms with Crippen molar-refractivity contribution in [1.82, 2.24) is 10.3 Å². The van der Waals surface area contributed by atoms with Gasteiger partial charge in [-0.05, 0) is 47.5 Å². The first-order valence-corrected chi connectivity index (χ1v) is 10.0. The van der Waals surface area contributed by atoms with Gasteiger partial charge in [-0.3, -0.25) is 14.6 Å². The van der Waals surface area contributed by atoms with Gasteiger partial charge in [0.25, 0.3) is 5.91 Å². The zero-order valence-corrected chi connectivity index (χ0v) is 18.0. The summed E-state index contributed by atoms with van der Waals surface area (Å²) in [5.41, 5.74) is 5.23. The average molecular weight is 470 g/mol. The highest BCUT2D eigenvalue weighted by Crippen LogP contribution is 2.33. The lowest BCUT2D eigenvalue weighted by Crippen LogP contribution is -2.18. The molecule has 0 aliphatic carbocycles. The Morgan fingerprint density at radius 3 is 2.56 bits per heavy atom. The number of alkyl halides is 3. The van der Waals surface area contributed by atoms with E-state index >= 15 is 0 Å². The van der Waals surface area contributed by atoms with Gasteiger partial charge in [0, 0.05) is 37.6 Å². The van der Waals surface area contributed by atoms with E-state index in [4.69, 9.17) is 10.5 Å². The molecule has 176 valence electrons. The molecule has 0 saturated carbocycles. The van der Waals surface area contributed by atoms with Gasteiger partial charge < -0.3 is 21.1 Å². The number of pyridine rings is 1. The van der Waals surface area contributed by atoms with Crippen LogP contribution >= 0.6 is 0 Å². The lowest BCUT2D eigenvalue weighted by molar-refractivity contribution is -0.138. The van der Waals surface area contributed by atoms with Crippen molar-refractivity contribution in [3.8, 4) is 11.5 Å². The summed E-state index contributed by atoms with van der Waals surface area (Å²) in [7, 11) is 1.49. The molecule has 1 aromatic heterocycles. The minimum atomic E-state index is -4.58. The Balaban J connectivity index is 1.69. The molecule has 0 spiro atoms. The van der Waals surface area contributed by atoms with E-state index < -0.39 is 17.6 Å². The quantitative estimate of drug-likeness (QED) is 0.445. The maximum Gasteiger partial charge on any atom is 0.416 e. The molecule has 0 radical (unpaired) electrons. The van der Waals surface area contributed by atoms with Crippen LogP contribution in [0, 0.1) is 0 Å². The van der Waals surface area contributed by atoms with E-state index in [1.165, 1.54) is 43.6 Å². The van der Waals surface area contributed by atoms with E-state index in [1.54, 1.807) is 30.3 Å². The van der Waals surface area contributed by atoms with Crippen LogP contribution in [0.25, 0.3) is 6.08 Å². The summed E-state index contributed by atoms with van der Waals surface area (Å²) in [6, 6.07) is 13.3. The first-order valence-electron chi connectivity index (χ1n) is 10.0. The number of rotatable bonds is 7. The summed E-state index contributed by atoms with van der Waals surface area (Å²) in [4.78, 5) is 27.9. The number of amides is 2. The van der Waals surface area contributed by atoms with E-state index in [1.807, 2.05) is 0 Å². The van der Waals surface area contributed by atoms with Crippen molar-refractivity contribution in [3.63, 3.8) is 0 Å².